The Morgan fingerprint density at radius 2 is 1.74 bits per heavy atom. The van der Waals surface area contributed by atoms with Crippen LogP contribution in [0.5, 0.6) is 5.75 Å². The molecule has 1 aromatic carbocycles. The Bertz CT molecular complexity index is 934. The molecule has 3 amide bonds. The summed E-state index contributed by atoms with van der Waals surface area (Å²) in [6.45, 7) is 1.22. The summed E-state index contributed by atoms with van der Waals surface area (Å²) < 4.78 is 20.0. The first-order valence-corrected chi connectivity index (χ1v) is 8.73. The smallest absolute Gasteiger partial charge is 0.266 e. The lowest BCUT2D eigenvalue weighted by Crippen LogP contribution is -2.44. The van der Waals surface area contributed by atoms with Crippen LogP contribution in [0, 0.1) is 17.1 Å². The van der Waals surface area contributed by atoms with Gasteiger partial charge in [-0.15, -0.1) is 0 Å². The lowest BCUT2D eigenvalue weighted by molar-refractivity contribution is -0.122. The van der Waals surface area contributed by atoms with Gasteiger partial charge in [0, 0.05) is 17.2 Å². The van der Waals surface area contributed by atoms with Crippen molar-refractivity contribution in [3.63, 3.8) is 0 Å². The zero-order valence-electron chi connectivity index (χ0n) is 14.6. The van der Waals surface area contributed by atoms with Crippen LogP contribution in [0.1, 0.15) is 32.6 Å². The number of amides is 3. The summed E-state index contributed by atoms with van der Waals surface area (Å²) in [7, 11) is 0. The Labute approximate surface area is 154 Å². The molecule has 3 aliphatic rings. The van der Waals surface area contributed by atoms with Gasteiger partial charge in [0.1, 0.15) is 11.8 Å². The molecule has 0 radical (unpaired) electrons. The molecule has 0 bridgehead atoms. The summed E-state index contributed by atoms with van der Waals surface area (Å²) in [4.78, 5) is 39.7. The molecule has 7 nitrogen and oxygen atoms in total. The largest absolute Gasteiger partial charge is 0.481 e. The predicted octanol–water partition coefficient (Wildman–Crippen LogP) is 2.21. The average molecular weight is 369 g/mol. The summed E-state index contributed by atoms with van der Waals surface area (Å²) in [5.41, 5.74) is 0.824. The maximum Gasteiger partial charge on any atom is 0.266 e. The Balaban J connectivity index is 1.81. The van der Waals surface area contributed by atoms with E-state index in [-0.39, 0.29) is 23.7 Å². The molecule has 1 atom stereocenters. The number of hydrogen-bond donors (Lipinski definition) is 0. The van der Waals surface area contributed by atoms with Gasteiger partial charge in [0.2, 0.25) is 0 Å². The van der Waals surface area contributed by atoms with E-state index in [0.717, 1.165) is 23.8 Å². The maximum absolute atomic E-state index is 14.7. The fourth-order valence-electron chi connectivity index (χ4n) is 3.79. The van der Waals surface area contributed by atoms with Gasteiger partial charge in [-0.2, -0.15) is 5.26 Å². The van der Waals surface area contributed by atoms with Gasteiger partial charge in [-0.25, -0.2) is 9.29 Å². The molecule has 0 N–H and O–H groups in total. The van der Waals surface area contributed by atoms with Crippen molar-refractivity contribution >= 4 is 29.1 Å². The number of halogens is 1. The molecule has 8 heteroatoms. The average Bonchev–Trinajstić information content (AvgIpc) is 2.92. The molecule has 0 spiro atoms. The number of fused-ring (bicyclic) bond motifs is 1. The number of imide groups is 1. The summed E-state index contributed by atoms with van der Waals surface area (Å²) in [5.74, 6) is -2.19. The van der Waals surface area contributed by atoms with Crippen molar-refractivity contribution < 1.29 is 23.5 Å². The van der Waals surface area contributed by atoms with Crippen molar-refractivity contribution in [2.24, 2.45) is 0 Å². The lowest BCUT2D eigenvalue weighted by Gasteiger charge is -2.32. The van der Waals surface area contributed by atoms with E-state index in [1.165, 1.54) is 17.9 Å². The normalized spacial score (nSPS) is 20.3. The first-order chi connectivity index (χ1) is 12.9. The number of carbonyl (C=O) groups is 3. The highest BCUT2D eigenvalue weighted by Crippen LogP contribution is 2.42. The van der Waals surface area contributed by atoms with Gasteiger partial charge >= 0.3 is 0 Å². The zero-order valence-corrected chi connectivity index (χ0v) is 14.6. The van der Waals surface area contributed by atoms with Crippen molar-refractivity contribution in [2.45, 2.75) is 38.6 Å². The van der Waals surface area contributed by atoms with E-state index < -0.39 is 29.6 Å². The second-order valence-electron chi connectivity index (χ2n) is 6.74. The highest BCUT2D eigenvalue weighted by molar-refractivity contribution is 6.33. The minimum Gasteiger partial charge on any atom is -0.481 e. The second-order valence-corrected chi connectivity index (χ2v) is 6.74. The van der Waals surface area contributed by atoms with Crippen molar-refractivity contribution in [3.8, 4) is 11.8 Å². The molecule has 27 heavy (non-hydrogen) atoms. The van der Waals surface area contributed by atoms with Crippen LogP contribution in [0.4, 0.5) is 15.8 Å². The molecular formula is C19H16FN3O4. The highest BCUT2D eigenvalue weighted by atomic mass is 19.1. The topological polar surface area (TPSA) is 90.7 Å². The van der Waals surface area contributed by atoms with Gasteiger partial charge in [-0.1, -0.05) is 0 Å². The van der Waals surface area contributed by atoms with E-state index in [2.05, 4.69) is 0 Å². The van der Waals surface area contributed by atoms with Crippen molar-refractivity contribution in [2.75, 3.05) is 16.4 Å². The van der Waals surface area contributed by atoms with Gasteiger partial charge in [-0.05, 0) is 38.7 Å². The molecule has 1 unspecified atom stereocenters. The molecular weight excluding hydrogens is 353 g/mol. The third kappa shape index (κ3) is 2.50. The van der Waals surface area contributed by atoms with Crippen LogP contribution in [-0.4, -0.2) is 30.4 Å². The van der Waals surface area contributed by atoms with Crippen LogP contribution < -0.4 is 14.5 Å². The number of nitrogens with zero attached hydrogens (tertiary/aromatic N) is 3. The fraction of sp³-hybridized carbons (Fsp3) is 0.368. The molecule has 138 valence electrons. The summed E-state index contributed by atoms with van der Waals surface area (Å²) in [6.07, 6.45) is 2.63. The Kier molecular flexibility index (Phi) is 3.95. The van der Waals surface area contributed by atoms with Gasteiger partial charge in [0.25, 0.3) is 17.7 Å². The molecule has 0 saturated carbocycles. The van der Waals surface area contributed by atoms with Crippen LogP contribution >= 0.6 is 0 Å². The Morgan fingerprint density at radius 1 is 1.11 bits per heavy atom. The molecule has 2 heterocycles. The molecule has 0 aromatic heterocycles. The second kappa shape index (κ2) is 6.20. The molecule has 0 saturated heterocycles. The van der Waals surface area contributed by atoms with Crippen LogP contribution in [0.15, 0.2) is 23.3 Å². The monoisotopic (exact) mass is 369 g/mol. The third-order valence-electron chi connectivity index (χ3n) is 5.11. The Hall–Kier alpha value is -3.21. The van der Waals surface area contributed by atoms with Crippen LogP contribution in [-0.2, 0) is 14.4 Å². The summed E-state index contributed by atoms with van der Waals surface area (Å²) in [6, 6.07) is 3.45. The number of carbonyl (C=O) groups excluding carboxylic acids is 3. The molecule has 4 rings (SSSR count). The molecule has 1 aromatic rings. The van der Waals surface area contributed by atoms with Crippen LogP contribution in [0.2, 0.25) is 0 Å². The van der Waals surface area contributed by atoms with Gasteiger partial charge in [-0.3, -0.25) is 19.3 Å². The van der Waals surface area contributed by atoms with Crippen molar-refractivity contribution in [1.29, 1.82) is 5.26 Å². The van der Waals surface area contributed by atoms with Crippen LogP contribution in [0.25, 0.3) is 0 Å². The molecule has 2 aliphatic heterocycles. The first-order valence-electron chi connectivity index (χ1n) is 8.73. The van der Waals surface area contributed by atoms with Gasteiger partial charge < -0.3 is 4.74 Å². The number of hydrogen-bond acceptors (Lipinski definition) is 5. The van der Waals surface area contributed by atoms with Crippen molar-refractivity contribution in [3.05, 3.63) is 29.1 Å². The maximum atomic E-state index is 14.7. The zero-order chi connectivity index (χ0) is 19.3. The molecule has 0 fully saturated rings. The summed E-state index contributed by atoms with van der Waals surface area (Å²) >= 11 is 0. The standard InChI is InChI=1S/C19H16FN3O4/c1-10(8-21)22-15-7-14(13(20)6-16(15)27-9-17(22)24)23-18(25)11-4-2-3-5-12(11)19(23)26/h6-7,10H,2-5,9H2,1H3. The molecule has 1 aliphatic carbocycles. The predicted molar refractivity (Wildman–Crippen MR) is 92.4 cm³/mol. The highest BCUT2D eigenvalue weighted by Gasteiger charge is 2.42. The number of rotatable bonds is 2. The van der Waals surface area contributed by atoms with E-state index in [1.807, 2.05) is 6.07 Å². The van der Waals surface area contributed by atoms with E-state index in [9.17, 15) is 24.0 Å². The van der Waals surface area contributed by atoms with Gasteiger partial charge in [0.05, 0.1) is 17.4 Å². The SMILES string of the molecule is CC(C#N)N1C(=O)COc2cc(F)c(N3C(=O)C4=C(CCCC4)C3=O)cc21. The summed E-state index contributed by atoms with van der Waals surface area (Å²) in [5, 5.41) is 9.21. The Morgan fingerprint density at radius 3 is 2.33 bits per heavy atom. The van der Waals surface area contributed by atoms with E-state index in [1.54, 1.807) is 0 Å². The van der Waals surface area contributed by atoms with E-state index in [0.29, 0.717) is 24.0 Å². The number of benzene rings is 1. The van der Waals surface area contributed by atoms with Gasteiger partial charge in [0.15, 0.2) is 12.4 Å². The quantitative estimate of drug-likeness (QED) is 0.746. The number of nitriles is 1. The first kappa shape index (κ1) is 17.2. The number of anilines is 2. The number of ether oxygens (including phenoxy) is 1. The van der Waals surface area contributed by atoms with Crippen LogP contribution in [0.3, 0.4) is 0 Å². The minimum atomic E-state index is -0.810. The van der Waals surface area contributed by atoms with E-state index in [4.69, 9.17) is 4.74 Å². The fourth-order valence-corrected chi connectivity index (χ4v) is 3.79. The van der Waals surface area contributed by atoms with E-state index >= 15 is 0 Å². The minimum absolute atomic E-state index is 0.0924. The lowest BCUT2D eigenvalue weighted by atomic mass is 9.93. The third-order valence-corrected chi connectivity index (χ3v) is 5.11. The van der Waals surface area contributed by atoms with Crippen molar-refractivity contribution in [1.82, 2.24) is 0 Å².